The summed E-state index contributed by atoms with van der Waals surface area (Å²) in [7, 11) is -3.63. The number of piperazine rings is 1. The molecule has 0 amide bonds. The van der Waals surface area contributed by atoms with Gasteiger partial charge in [-0.15, -0.1) is 0 Å². The van der Waals surface area contributed by atoms with Crippen LogP contribution in [0.2, 0.25) is 10.0 Å². The third kappa shape index (κ3) is 7.25. The minimum absolute atomic E-state index is 0.121. The van der Waals surface area contributed by atoms with Gasteiger partial charge in [0.05, 0.1) is 23.2 Å². The van der Waals surface area contributed by atoms with Gasteiger partial charge >= 0.3 is 6.18 Å². The summed E-state index contributed by atoms with van der Waals surface area (Å²) in [6.07, 6.45) is -4.78. The van der Waals surface area contributed by atoms with E-state index >= 15 is 0 Å². The molecule has 198 valence electrons. The zero-order valence-corrected chi connectivity index (χ0v) is 22.0. The van der Waals surface area contributed by atoms with Crippen molar-refractivity contribution in [2.24, 2.45) is 0 Å². The maximum atomic E-state index is 13.0. The maximum absolute atomic E-state index is 13.0. The molecule has 3 aromatic carbocycles. The Kier molecular flexibility index (Phi) is 8.83. The molecule has 0 saturated carbocycles. The molecule has 1 unspecified atom stereocenters. The van der Waals surface area contributed by atoms with E-state index in [1.165, 1.54) is 28.6 Å². The molecule has 0 N–H and O–H groups in total. The first-order valence-electron chi connectivity index (χ1n) is 11.5. The van der Waals surface area contributed by atoms with Gasteiger partial charge in [-0.2, -0.15) is 17.5 Å². The van der Waals surface area contributed by atoms with Crippen molar-refractivity contribution in [1.29, 1.82) is 0 Å². The Hall–Kier alpha value is -2.14. The average molecular weight is 573 g/mol. The van der Waals surface area contributed by atoms with E-state index < -0.39 is 21.8 Å². The molecule has 37 heavy (non-hydrogen) atoms. The Morgan fingerprint density at radius 3 is 1.89 bits per heavy atom. The molecule has 4 rings (SSSR count). The quantitative estimate of drug-likeness (QED) is 0.319. The summed E-state index contributed by atoms with van der Waals surface area (Å²) in [5, 5.41) is 1.04. The van der Waals surface area contributed by atoms with Crippen molar-refractivity contribution in [3.05, 3.63) is 99.5 Å². The zero-order valence-electron chi connectivity index (χ0n) is 19.7. The maximum Gasteiger partial charge on any atom is 0.416 e. The summed E-state index contributed by atoms with van der Waals surface area (Å²) >= 11 is 11.9. The highest BCUT2D eigenvalue weighted by Crippen LogP contribution is 2.30. The van der Waals surface area contributed by atoms with Gasteiger partial charge in [-0.25, -0.2) is 8.42 Å². The molecule has 1 aliphatic rings. The zero-order chi connectivity index (χ0) is 26.6. The van der Waals surface area contributed by atoms with Gasteiger partial charge in [0.15, 0.2) is 0 Å². The topological polar surface area (TPSA) is 49.9 Å². The van der Waals surface area contributed by atoms with Gasteiger partial charge in [-0.05, 0) is 59.7 Å². The van der Waals surface area contributed by atoms with Crippen LogP contribution in [-0.4, -0.2) is 50.3 Å². The normalized spacial score (nSPS) is 16.6. The van der Waals surface area contributed by atoms with E-state index in [9.17, 15) is 21.6 Å². The molecule has 0 aromatic heterocycles. The van der Waals surface area contributed by atoms with E-state index in [2.05, 4.69) is 4.90 Å². The van der Waals surface area contributed by atoms with E-state index in [0.717, 1.165) is 17.7 Å². The lowest BCUT2D eigenvalue weighted by Crippen LogP contribution is -2.49. The van der Waals surface area contributed by atoms with Crippen molar-refractivity contribution < 1.29 is 26.3 Å². The van der Waals surface area contributed by atoms with Gasteiger partial charge in [0.25, 0.3) is 0 Å². The van der Waals surface area contributed by atoms with Gasteiger partial charge < -0.3 is 4.74 Å². The Morgan fingerprint density at radius 1 is 0.811 bits per heavy atom. The summed E-state index contributed by atoms with van der Waals surface area (Å²) in [6.45, 7) is 2.24. The van der Waals surface area contributed by atoms with Gasteiger partial charge in [-0.3, -0.25) is 4.90 Å². The van der Waals surface area contributed by atoms with Crippen LogP contribution in [-0.2, 0) is 27.5 Å². The number of hydrogen-bond acceptors (Lipinski definition) is 4. The van der Waals surface area contributed by atoms with Crippen molar-refractivity contribution in [2.75, 3.05) is 32.7 Å². The van der Waals surface area contributed by atoms with E-state index in [4.69, 9.17) is 27.9 Å². The van der Waals surface area contributed by atoms with Crippen LogP contribution < -0.4 is 0 Å². The fourth-order valence-electron chi connectivity index (χ4n) is 4.06. The third-order valence-corrected chi connectivity index (χ3v) is 8.60. The molecule has 5 nitrogen and oxygen atoms in total. The van der Waals surface area contributed by atoms with Crippen molar-refractivity contribution >= 4 is 33.2 Å². The lowest BCUT2D eigenvalue weighted by atomic mass is 10.1. The second kappa shape index (κ2) is 11.7. The summed E-state index contributed by atoms with van der Waals surface area (Å²) in [5.74, 6) is 0. The predicted octanol–water partition coefficient (Wildman–Crippen LogP) is 6.28. The van der Waals surface area contributed by atoms with Gasteiger partial charge in [0, 0.05) is 42.8 Å². The summed E-state index contributed by atoms with van der Waals surface area (Å²) in [5.41, 5.74) is 0.773. The number of rotatable bonds is 8. The van der Waals surface area contributed by atoms with Gasteiger partial charge in [-0.1, -0.05) is 47.5 Å². The summed E-state index contributed by atoms with van der Waals surface area (Å²) in [6, 6.07) is 18.2. The molecule has 1 saturated heterocycles. The molecule has 1 heterocycles. The molecular weight excluding hydrogens is 548 g/mol. The Bertz CT molecular complexity index is 1280. The van der Waals surface area contributed by atoms with Crippen molar-refractivity contribution in [3.63, 3.8) is 0 Å². The first-order valence-corrected chi connectivity index (χ1v) is 13.7. The molecule has 0 radical (unpaired) electrons. The Balaban J connectivity index is 1.41. The van der Waals surface area contributed by atoms with Gasteiger partial charge in [0.1, 0.15) is 0 Å². The SMILES string of the molecule is O=S(=O)(c1ccc(Cl)cc1)N1CCN(CC(OCc2ccc(C(F)(F)F)cc2)c2ccc(Cl)cc2)CC1. The van der Waals surface area contributed by atoms with E-state index in [1.54, 1.807) is 24.3 Å². The van der Waals surface area contributed by atoms with Gasteiger partial charge in [0.2, 0.25) is 10.0 Å². The van der Waals surface area contributed by atoms with Crippen LogP contribution in [0.15, 0.2) is 77.7 Å². The van der Waals surface area contributed by atoms with Crippen LogP contribution in [0, 0.1) is 0 Å². The van der Waals surface area contributed by atoms with Crippen LogP contribution in [0.1, 0.15) is 22.8 Å². The average Bonchev–Trinajstić information content (AvgIpc) is 2.87. The van der Waals surface area contributed by atoms with Crippen LogP contribution in [0.25, 0.3) is 0 Å². The highest BCUT2D eigenvalue weighted by atomic mass is 35.5. The minimum Gasteiger partial charge on any atom is -0.368 e. The number of hydrogen-bond donors (Lipinski definition) is 0. The Labute approximate surface area is 224 Å². The molecule has 1 aliphatic heterocycles. The smallest absolute Gasteiger partial charge is 0.368 e. The fraction of sp³-hybridized carbons (Fsp3) is 0.308. The number of nitrogens with zero attached hydrogens (tertiary/aromatic N) is 2. The molecular formula is C26H25Cl2F3N2O3S. The molecule has 1 fully saturated rings. The van der Waals surface area contributed by atoms with Crippen LogP contribution >= 0.6 is 23.2 Å². The first kappa shape index (κ1) is 27.9. The number of benzene rings is 3. The second-order valence-electron chi connectivity index (χ2n) is 8.70. The lowest BCUT2D eigenvalue weighted by molar-refractivity contribution is -0.137. The van der Waals surface area contributed by atoms with Crippen LogP contribution in [0.4, 0.5) is 13.2 Å². The van der Waals surface area contributed by atoms with E-state index in [0.29, 0.717) is 48.3 Å². The Morgan fingerprint density at radius 2 is 1.35 bits per heavy atom. The standard InChI is InChI=1S/C26H25Cl2F3N2O3S/c27-22-7-3-20(4-8-22)25(36-18-19-1-5-21(6-2-19)26(29,30)31)17-32-13-15-33(16-14-32)37(34,35)24-11-9-23(28)10-12-24/h1-12,25H,13-18H2. The van der Waals surface area contributed by atoms with E-state index in [1.807, 2.05) is 12.1 Å². The fourth-order valence-corrected chi connectivity index (χ4v) is 5.74. The number of alkyl halides is 3. The van der Waals surface area contributed by atoms with Crippen LogP contribution in [0.3, 0.4) is 0 Å². The second-order valence-corrected chi connectivity index (χ2v) is 11.5. The number of ether oxygens (including phenoxy) is 1. The lowest BCUT2D eigenvalue weighted by Gasteiger charge is -2.36. The minimum atomic E-state index is -4.39. The summed E-state index contributed by atoms with van der Waals surface area (Å²) in [4.78, 5) is 2.31. The summed E-state index contributed by atoms with van der Waals surface area (Å²) < 4.78 is 72.2. The highest BCUT2D eigenvalue weighted by Gasteiger charge is 2.31. The molecule has 0 aliphatic carbocycles. The molecule has 3 aromatic rings. The third-order valence-electron chi connectivity index (χ3n) is 6.18. The first-order chi connectivity index (χ1) is 17.5. The van der Waals surface area contributed by atoms with Crippen molar-refractivity contribution in [1.82, 2.24) is 9.21 Å². The van der Waals surface area contributed by atoms with E-state index in [-0.39, 0.29) is 17.6 Å². The number of halogens is 5. The van der Waals surface area contributed by atoms with Crippen LogP contribution in [0.5, 0.6) is 0 Å². The molecule has 0 spiro atoms. The monoisotopic (exact) mass is 572 g/mol. The largest absolute Gasteiger partial charge is 0.416 e. The molecule has 0 bridgehead atoms. The van der Waals surface area contributed by atoms with Crippen molar-refractivity contribution in [2.45, 2.75) is 23.8 Å². The molecule has 11 heteroatoms. The predicted molar refractivity (Wildman–Crippen MR) is 137 cm³/mol. The number of sulfonamides is 1. The molecule has 1 atom stereocenters. The highest BCUT2D eigenvalue weighted by molar-refractivity contribution is 7.89. The van der Waals surface area contributed by atoms with Crippen molar-refractivity contribution in [3.8, 4) is 0 Å².